The number of carbonyl (C=O) groups is 2. The van der Waals surface area contributed by atoms with Crippen LogP contribution in [-0.4, -0.2) is 18.3 Å². The Balaban J connectivity index is 1.94. The number of benzene rings is 3. The summed E-state index contributed by atoms with van der Waals surface area (Å²) in [6.45, 7) is 9.46. The minimum absolute atomic E-state index is 0.0487. The van der Waals surface area contributed by atoms with Gasteiger partial charge in [-0.15, -0.1) is 13.2 Å². The maximum atomic E-state index is 14.4. The van der Waals surface area contributed by atoms with Crippen LogP contribution in [0.1, 0.15) is 19.4 Å². The summed E-state index contributed by atoms with van der Waals surface area (Å²) in [5, 5.41) is -0.314. The molecule has 0 radical (unpaired) electrons. The molecule has 0 bridgehead atoms. The van der Waals surface area contributed by atoms with Crippen LogP contribution in [0.3, 0.4) is 0 Å². The van der Waals surface area contributed by atoms with Gasteiger partial charge in [-0.25, -0.2) is 9.59 Å². The third-order valence-corrected chi connectivity index (χ3v) is 5.50. The predicted molar refractivity (Wildman–Crippen MR) is 132 cm³/mol. The van der Waals surface area contributed by atoms with Gasteiger partial charge >= 0.3 is 24.5 Å². The first-order chi connectivity index (χ1) is 18.6. The first-order valence-electron chi connectivity index (χ1n) is 11.3. The number of furan rings is 1. The van der Waals surface area contributed by atoms with Crippen LogP contribution >= 0.6 is 0 Å². The van der Waals surface area contributed by atoms with Crippen LogP contribution < -0.4 is 14.2 Å². The van der Waals surface area contributed by atoms with Gasteiger partial charge in [0, 0.05) is 21.9 Å². The fourth-order valence-electron chi connectivity index (χ4n) is 3.76. The molecular formula is C28H18F6O6. The smallest absolute Gasteiger partial charge is 0.451 e. The molecule has 12 heteroatoms. The molecule has 0 aliphatic carbocycles. The summed E-state index contributed by atoms with van der Waals surface area (Å²) in [4.78, 5) is 23.7. The summed E-state index contributed by atoms with van der Waals surface area (Å²) >= 11 is 0. The second-order valence-corrected chi connectivity index (χ2v) is 8.65. The second-order valence-electron chi connectivity index (χ2n) is 8.65. The SMILES string of the molecule is C=C(C)C(=O)Oc1ccc(-c2ccc3c(oc4c(OC(F)(F)F)c(OC(=O)C(=C)C)ccc43)c2C(F)(F)F)cc1. The van der Waals surface area contributed by atoms with Gasteiger partial charge in [0.1, 0.15) is 16.9 Å². The molecule has 0 atom stereocenters. The van der Waals surface area contributed by atoms with Crippen LogP contribution in [-0.2, 0) is 15.8 Å². The molecule has 1 heterocycles. The molecule has 0 unspecified atom stereocenters. The van der Waals surface area contributed by atoms with Crippen molar-refractivity contribution < 1.29 is 54.6 Å². The first kappa shape index (κ1) is 28.3. The number of halogens is 6. The third-order valence-electron chi connectivity index (χ3n) is 5.50. The van der Waals surface area contributed by atoms with Crippen molar-refractivity contribution in [3.8, 4) is 28.4 Å². The molecule has 0 saturated heterocycles. The molecule has 0 saturated carbocycles. The summed E-state index contributed by atoms with van der Waals surface area (Å²) in [7, 11) is 0. The summed E-state index contributed by atoms with van der Waals surface area (Å²) in [5.74, 6) is -3.61. The van der Waals surface area contributed by atoms with E-state index in [-0.39, 0.29) is 38.8 Å². The van der Waals surface area contributed by atoms with Crippen molar-refractivity contribution in [1.82, 2.24) is 0 Å². The molecule has 0 fully saturated rings. The van der Waals surface area contributed by atoms with E-state index in [0.717, 1.165) is 18.2 Å². The van der Waals surface area contributed by atoms with Gasteiger partial charge in [-0.2, -0.15) is 13.2 Å². The van der Waals surface area contributed by atoms with E-state index in [1.54, 1.807) is 0 Å². The number of ether oxygens (including phenoxy) is 3. The van der Waals surface area contributed by atoms with E-state index >= 15 is 0 Å². The van der Waals surface area contributed by atoms with Crippen molar-refractivity contribution in [1.29, 1.82) is 0 Å². The van der Waals surface area contributed by atoms with Crippen molar-refractivity contribution >= 4 is 33.9 Å². The molecule has 3 aromatic carbocycles. The van der Waals surface area contributed by atoms with Gasteiger partial charge in [0.25, 0.3) is 0 Å². The normalized spacial score (nSPS) is 11.9. The Morgan fingerprint density at radius 1 is 0.750 bits per heavy atom. The maximum absolute atomic E-state index is 14.4. The molecule has 4 aromatic rings. The van der Waals surface area contributed by atoms with Crippen molar-refractivity contribution in [2.75, 3.05) is 0 Å². The lowest BCUT2D eigenvalue weighted by Gasteiger charge is -2.14. The minimum Gasteiger partial charge on any atom is -0.451 e. The van der Waals surface area contributed by atoms with Crippen molar-refractivity contribution in [2.24, 2.45) is 0 Å². The van der Waals surface area contributed by atoms with Crippen molar-refractivity contribution in [3.05, 3.63) is 78.4 Å². The predicted octanol–water partition coefficient (Wildman–Crippen LogP) is 8.13. The summed E-state index contributed by atoms with van der Waals surface area (Å²) in [6.07, 6.45) is -10.3. The zero-order valence-corrected chi connectivity index (χ0v) is 20.8. The van der Waals surface area contributed by atoms with E-state index in [9.17, 15) is 35.9 Å². The zero-order valence-electron chi connectivity index (χ0n) is 20.8. The monoisotopic (exact) mass is 564 g/mol. The highest BCUT2D eigenvalue weighted by atomic mass is 19.4. The van der Waals surface area contributed by atoms with Gasteiger partial charge in [0.15, 0.2) is 11.3 Å². The Morgan fingerprint density at radius 3 is 1.85 bits per heavy atom. The highest BCUT2D eigenvalue weighted by Gasteiger charge is 2.39. The second kappa shape index (κ2) is 10.1. The van der Waals surface area contributed by atoms with E-state index in [4.69, 9.17) is 13.9 Å². The zero-order chi connectivity index (χ0) is 29.6. The maximum Gasteiger partial charge on any atom is 0.573 e. The fraction of sp³-hybridized carbons (Fsp3) is 0.143. The Labute approximate surface area is 222 Å². The Morgan fingerprint density at radius 2 is 1.30 bits per heavy atom. The van der Waals surface area contributed by atoms with Crippen molar-refractivity contribution in [3.63, 3.8) is 0 Å². The average Bonchev–Trinajstić information content (AvgIpc) is 3.22. The summed E-state index contributed by atoms with van der Waals surface area (Å²) < 4.78 is 102. The van der Waals surface area contributed by atoms with Crippen LogP contribution in [0.15, 0.2) is 77.3 Å². The van der Waals surface area contributed by atoms with Gasteiger partial charge < -0.3 is 18.6 Å². The number of hydrogen-bond donors (Lipinski definition) is 0. The molecule has 0 N–H and O–H groups in total. The lowest BCUT2D eigenvalue weighted by atomic mass is 9.96. The summed E-state index contributed by atoms with van der Waals surface area (Å²) in [5.41, 5.74) is -3.10. The van der Waals surface area contributed by atoms with E-state index in [1.807, 2.05) is 0 Å². The van der Waals surface area contributed by atoms with Crippen LogP contribution in [0.5, 0.6) is 17.2 Å². The molecule has 1 aromatic heterocycles. The number of fused-ring (bicyclic) bond motifs is 3. The van der Waals surface area contributed by atoms with E-state index in [2.05, 4.69) is 17.9 Å². The number of esters is 2. The minimum atomic E-state index is -5.30. The average molecular weight is 564 g/mol. The van der Waals surface area contributed by atoms with Crippen LogP contribution in [0.2, 0.25) is 0 Å². The Kier molecular flexibility index (Phi) is 7.14. The van der Waals surface area contributed by atoms with Crippen LogP contribution in [0.4, 0.5) is 26.3 Å². The standard InChI is InChI=1S/C28H18F6O6/c1-13(2)25(35)37-16-7-5-15(6-8-16)17-9-10-18-19-11-12-20(38-26(36)14(3)4)24(40-28(32,33)34)23(19)39-22(18)21(17)27(29,30)31/h5-12H,1,3H2,2,4H3. The van der Waals surface area contributed by atoms with E-state index in [0.29, 0.717) is 0 Å². The summed E-state index contributed by atoms with van der Waals surface area (Å²) in [6, 6.07) is 9.57. The van der Waals surface area contributed by atoms with Gasteiger partial charge in [-0.3, -0.25) is 0 Å². The van der Waals surface area contributed by atoms with Crippen LogP contribution in [0, 0.1) is 0 Å². The van der Waals surface area contributed by atoms with Gasteiger partial charge in [0.05, 0.1) is 0 Å². The molecule has 208 valence electrons. The quantitative estimate of drug-likeness (QED) is 0.102. The lowest BCUT2D eigenvalue weighted by molar-refractivity contribution is -0.274. The van der Waals surface area contributed by atoms with Gasteiger partial charge in [-0.1, -0.05) is 31.4 Å². The largest absolute Gasteiger partial charge is 0.573 e. The highest BCUT2D eigenvalue weighted by Crippen LogP contribution is 2.48. The molecule has 0 aliphatic heterocycles. The molecule has 0 amide bonds. The fourth-order valence-corrected chi connectivity index (χ4v) is 3.76. The molecule has 6 nitrogen and oxygen atoms in total. The molecular weight excluding hydrogens is 546 g/mol. The first-order valence-corrected chi connectivity index (χ1v) is 11.3. The molecule has 40 heavy (non-hydrogen) atoms. The Hall–Kier alpha value is -4.74. The topological polar surface area (TPSA) is 75.0 Å². The highest BCUT2D eigenvalue weighted by molar-refractivity contribution is 6.10. The van der Waals surface area contributed by atoms with Crippen LogP contribution in [0.25, 0.3) is 33.1 Å². The van der Waals surface area contributed by atoms with E-state index < -0.39 is 52.7 Å². The number of hydrogen-bond acceptors (Lipinski definition) is 6. The molecule has 0 aliphatic rings. The Bertz CT molecular complexity index is 1680. The number of rotatable bonds is 6. The van der Waals surface area contributed by atoms with E-state index in [1.165, 1.54) is 44.2 Å². The number of alkyl halides is 6. The van der Waals surface area contributed by atoms with Gasteiger partial charge in [-0.05, 0) is 55.3 Å². The molecule has 4 rings (SSSR count). The number of carbonyl (C=O) groups excluding carboxylic acids is 2. The molecule has 0 spiro atoms. The van der Waals surface area contributed by atoms with Gasteiger partial charge in [0.2, 0.25) is 5.75 Å². The lowest BCUT2D eigenvalue weighted by Crippen LogP contribution is -2.18. The van der Waals surface area contributed by atoms with Crippen molar-refractivity contribution in [2.45, 2.75) is 26.4 Å². The third kappa shape index (κ3) is 5.65.